The van der Waals surface area contributed by atoms with Gasteiger partial charge < -0.3 is 4.90 Å². The first-order valence-electron chi connectivity index (χ1n) is 19.6. The van der Waals surface area contributed by atoms with Crippen LogP contribution in [0, 0.1) is 0 Å². The van der Waals surface area contributed by atoms with Crippen molar-refractivity contribution >= 4 is 38.6 Å². The molecule has 0 saturated heterocycles. The summed E-state index contributed by atoms with van der Waals surface area (Å²) in [4.78, 5) is 2.40. The Hall–Kier alpha value is -5.99. The van der Waals surface area contributed by atoms with Crippen molar-refractivity contribution in [1.29, 1.82) is 0 Å². The molecule has 0 aromatic heterocycles. The second kappa shape index (κ2) is 14.7. The number of fused-ring (bicyclic) bond motifs is 6. The van der Waals surface area contributed by atoms with E-state index in [0.717, 1.165) is 12.8 Å². The molecule has 272 valence electrons. The largest absolute Gasteiger partial charge is 0.347 e. The van der Waals surface area contributed by atoms with E-state index in [-0.39, 0.29) is 10.8 Å². The summed E-state index contributed by atoms with van der Waals surface area (Å²) in [5.74, 6) is 0. The molecule has 2 heteroatoms. The molecule has 0 radical (unpaired) electrons. The molecular weight excluding hydrogens is 665 g/mol. The summed E-state index contributed by atoms with van der Waals surface area (Å²) in [5, 5.41) is 5.25. The minimum absolute atomic E-state index is 0.180. The molecule has 2 heterocycles. The normalized spacial score (nSPS) is 20.8. The van der Waals surface area contributed by atoms with Crippen LogP contribution in [0.4, 0.5) is 11.4 Å². The molecule has 0 saturated carbocycles. The van der Waals surface area contributed by atoms with Gasteiger partial charge in [0.25, 0.3) is 0 Å². The second-order valence-electron chi connectivity index (χ2n) is 15.9. The summed E-state index contributed by atoms with van der Waals surface area (Å²) in [5.41, 5.74) is 12.8. The first-order chi connectivity index (χ1) is 26.7. The van der Waals surface area contributed by atoms with Crippen LogP contribution in [0.2, 0.25) is 0 Å². The Morgan fingerprint density at radius 3 is 1.84 bits per heavy atom. The summed E-state index contributed by atoms with van der Waals surface area (Å²) < 4.78 is 2.40. The van der Waals surface area contributed by atoms with Crippen LogP contribution in [-0.4, -0.2) is 24.4 Å². The van der Waals surface area contributed by atoms with E-state index < -0.39 is 0 Å². The van der Waals surface area contributed by atoms with Gasteiger partial charge in [0.1, 0.15) is 7.05 Å². The highest BCUT2D eigenvalue weighted by Gasteiger charge is 2.48. The van der Waals surface area contributed by atoms with Gasteiger partial charge in [-0.15, -0.1) is 0 Å². The Kier molecular flexibility index (Phi) is 9.61. The van der Waals surface area contributed by atoms with E-state index in [1.54, 1.807) is 0 Å². The van der Waals surface area contributed by atoms with Crippen molar-refractivity contribution in [2.24, 2.45) is 0 Å². The molecule has 2 aliphatic heterocycles. The number of hydrogen-bond donors (Lipinski definition) is 0. The molecule has 0 N–H and O–H groups in total. The molecule has 6 aromatic rings. The Balaban J connectivity index is 1.07. The lowest BCUT2D eigenvalue weighted by atomic mass is 9.73. The summed E-state index contributed by atoms with van der Waals surface area (Å²) in [6, 6.07) is 48.6. The van der Waals surface area contributed by atoms with E-state index in [2.05, 4.69) is 227 Å². The van der Waals surface area contributed by atoms with Gasteiger partial charge >= 0.3 is 0 Å². The van der Waals surface area contributed by atoms with E-state index in [4.69, 9.17) is 0 Å². The lowest BCUT2D eigenvalue weighted by Gasteiger charge is -2.29. The van der Waals surface area contributed by atoms with Crippen molar-refractivity contribution in [3.8, 4) is 0 Å². The number of anilines is 1. The maximum Gasteiger partial charge on any atom is 0.210 e. The van der Waals surface area contributed by atoms with E-state index in [9.17, 15) is 0 Å². The SMILES string of the molecule is CC(=CC=CC1=[N+](C)c2ccc3ccccc3c2C1(C)Cc1ccccc1)C=C(C)C=CC=C1N(C)c2ccc3ccccc3c2C1(C)Cc1ccccc1. The van der Waals surface area contributed by atoms with Crippen molar-refractivity contribution in [1.82, 2.24) is 0 Å². The molecule has 0 fully saturated rings. The molecule has 0 amide bonds. The van der Waals surface area contributed by atoms with Gasteiger partial charge in [0.05, 0.1) is 5.41 Å². The van der Waals surface area contributed by atoms with Gasteiger partial charge in [-0.1, -0.05) is 157 Å². The molecule has 6 aromatic carbocycles. The van der Waals surface area contributed by atoms with Crippen molar-refractivity contribution in [3.63, 3.8) is 0 Å². The highest BCUT2D eigenvalue weighted by atomic mass is 15.2. The molecule has 2 nitrogen and oxygen atoms in total. The highest BCUT2D eigenvalue weighted by Crippen LogP contribution is 2.52. The fourth-order valence-corrected chi connectivity index (χ4v) is 9.49. The van der Waals surface area contributed by atoms with Gasteiger partial charge in [0.2, 0.25) is 5.69 Å². The van der Waals surface area contributed by atoms with Crippen LogP contribution < -0.4 is 4.90 Å². The van der Waals surface area contributed by atoms with Gasteiger partial charge in [-0.25, -0.2) is 0 Å². The molecule has 0 bridgehead atoms. The zero-order chi connectivity index (χ0) is 38.2. The van der Waals surface area contributed by atoms with Gasteiger partial charge in [-0.05, 0) is 97.0 Å². The van der Waals surface area contributed by atoms with Crippen molar-refractivity contribution in [3.05, 3.63) is 215 Å². The zero-order valence-electron chi connectivity index (χ0n) is 33.1. The summed E-state index contributed by atoms with van der Waals surface area (Å²) in [6.45, 7) is 9.22. The minimum atomic E-state index is -0.180. The maximum atomic E-state index is 2.42. The van der Waals surface area contributed by atoms with Gasteiger partial charge in [-0.2, -0.15) is 4.58 Å². The van der Waals surface area contributed by atoms with Crippen LogP contribution >= 0.6 is 0 Å². The molecule has 2 atom stereocenters. The molecule has 2 aliphatic rings. The molecule has 0 aliphatic carbocycles. The minimum Gasteiger partial charge on any atom is -0.347 e. The third-order valence-electron chi connectivity index (χ3n) is 12.0. The molecular formula is C53H51N2+. The van der Waals surface area contributed by atoms with Gasteiger partial charge in [-0.3, -0.25) is 0 Å². The van der Waals surface area contributed by atoms with E-state index in [0.29, 0.717) is 0 Å². The molecule has 2 unspecified atom stereocenters. The summed E-state index contributed by atoms with van der Waals surface area (Å²) >= 11 is 0. The third-order valence-corrected chi connectivity index (χ3v) is 12.0. The Morgan fingerprint density at radius 2 is 1.18 bits per heavy atom. The van der Waals surface area contributed by atoms with E-state index in [1.807, 2.05) is 0 Å². The Morgan fingerprint density at radius 1 is 0.618 bits per heavy atom. The van der Waals surface area contributed by atoms with Crippen LogP contribution in [0.3, 0.4) is 0 Å². The fraction of sp³-hybridized carbons (Fsp3) is 0.189. The lowest BCUT2D eigenvalue weighted by Crippen LogP contribution is -2.33. The lowest BCUT2D eigenvalue weighted by molar-refractivity contribution is -0.401. The average Bonchev–Trinajstić information content (AvgIpc) is 3.54. The quantitative estimate of drug-likeness (QED) is 0.107. The zero-order valence-corrected chi connectivity index (χ0v) is 33.1. The molecule has 55 heavy (non-hydrogen) atoms. The topological polar surface area (TPSA) is 6.25 Å². The van der Waals surface area contributed by atoms with Crippen LogP contribution in [0.1, 0.15) is 49.9 Å². The predicted molar refractivity (Wildman–Crippen MR) is 236 cm³/mol. The standard InChI is InChI=1S/C53H51N2/c1-38(19-17-29-48-52(3,36-40-21-9-7-10-22-40)50-44-27-15-13-25-42(44)31-33-46(50)54(48)5)35-39(2)20-18-30-49-53(4,37-41-23-11-8-12-24-41)51-45-28-16-14-26-43(45)32-34-47(51)55(49)6/h7-35H,36-37H2,1-6H3/q+1. The number of hydrogen-bond acceptors (Lipinski definition) is 1. The molecule has 0 spiro atoms. The number of likely N-dealkylation sites (N-methyl/N-ethyl adjacent to an activating group) is 1. The fourth-order valence-electron chi connectivity index (χ4n) is 9.49. The summed E-state index contributed by atoms with van der Waals surface area (Å²) in [7, 11) is 4.44. The third kappa shape index (κ3) is 6.61. The van der Waals surface area contributed by atoms with Crippen LogP contribution in [0.5, 0.6) is 0 Å². The smallest absolute Gasteiger partial charge is 0.210 e. The van der Waals surface area contributed by atoms with Crippen molar-refractivity contribution in [2.45, 2.75) is 51.4 Å². The maximum absolute atomic E-state index is 2.42. The van der Waals surface area contributed by atoms with E-state index in [1.165, 1.54) is 77.7 Å². The Labute approximate surface area is 327 Å². The van der Waals surface area contributed by atoms with Crippen molar-refractivity contribution in [2.75, 3.05) is 19.0 Å². The van der Waals surface area contributed by atoms with Crippen molar-refractivity contribution < 1.29 is 4.58 Å². The number of benzene rings is 6. The van der Waals surface area contributed by atoms with Crippen LogP contribution in [-0.2, 0) is 23.7 Å². The van der Waals surface area contributed by atoms with Gasteiger partial charge in [0, 0.05) is 41.6 Å². The first-order valence-corrected chi connectivity index (χ1v) is 19.6. The first kappa shape index (κ1) is 36.0. The second-order valence-corrected chi connectivity index (χ2v) is 15.9. The average molecular weight is 716 g/mol. The predicted octanol–water partition coefficient (Wildman–Crippen LogP) is 12.8. The van der Waals surface area contributed by atoms with E-state index >= 15 is 0 Å². The van der Waals surface area contributed by atoms with Crippen LogP contribution in [0.15, 0.2) is 193 Å². The number of nitrogens with zero attached hydrogens (tertiary/aromatic N) is 2. The number of allylic oxidation sites excluding steroid dienone is 10. The molecule has 8 rings (SSSR count). The number of rotatable bonds is 9. The van der Waals surface area contributed by atoms with Gasteiger partial charge in [0.15, 0.2) is 5.71 Å². The summed E-state index contributed by atoms with van der Waals surface area (Å²) in [6.07, 6.45) is 17.7. The van der Waals surface area contributed by atoms with Crippen LogP contribution in [0.25, 0.3) is 21.5 Å². The Bertz CT molecular complexity index is 2600. The monoisotopic (exact) mass is 715 g/mol. The highest BCUT2D eigenvalue weighted by molar-refractivity contribution is 6.08.